The van der Waals surface area contributed by atoms with Crippen molar-refractivity contribution in [2.75, 3.05) is 18.6 Å². The number of aromatic nitrogens is 1. The highest BCUT2D eigenvalue weighted by Gasteiger charge is 2.31. The number of benzene rings is 1. The van der Waals surface area contributed by atoms with Crippen molar-refractivity contribution < 1.29 is 9.53 Å². The van der Waals surface area contributed by atoms with E-state index in [1.165, 1.54) is 4.88 Å². The van der Waals surface area contributed by atoms with Crippen molar-refractivity contribution >= 4 is 22.9 Å². The third-order valence-electron chi connectivity index (χ3n) is 4.32. The lowest BCUT2D eigenvalue weighted by Gasteiger charge is -2.34. The lowest BCUT2D eigenvalue weighted by Crippen LogP contribution is -2.51. The van der Waals surface area contributed by atoms with Crippen molar-refractivity contribution in [3.63, 3.8) is 0 Å². The van der Waals surface area contributed by atoms with E-state index in [4.69, 9.17) is 4.74 Å². The van der Waals surface area contributed by atoms with Gasteiger partial charge < -0.3 is 9.64 Å². The molecule has 0 radical (unpaired) electrons. The number of aryl methyl sites for hydroxylation is 1. The van der Waals surface area contributed by atoms with E-state index in [1.807, 2.05) is 42.3 Å². The first kappa shape index (κ1) is 16.9. The van der Waals surface area contributed by atoms with Crippen molar-refractivity contribution in [1.29, 1.82) is 0 Å². The smallest absolute Gasteiger partial charge is 0.244 e. The number of anilines is 1. The first-order valence-corrected chi connectivity index (χ1v) is 9.04. The largest absolute Gasteiger partial charge is 0.497 e. The fraction of sp³-hybridized carbons (Fsp3) is 0.444. The van der Waals surface area contributed by atoms with Crippen molar-refractivity contribution in [2.45, 2.75) is 38.8 Å². The van der Waals surface area contributed by atoms with Gasteiger partial charge in [-0.15, -0.1) is 11.3 Å². The van der Waals surface area contributed by atoms with Crippen LogP contribution in [0.2, 0.25) is 0 Å². The van der Waals surface area contributed by atoms with Gasteiger partial charge in [0.1, 0.15) is 5.75 Å². The monoisotopic (exact) mass is 345 g/mol. The minimum atomic E-state index is -0.164. The zero-order valence-electron chi connectivity index (χ0n) is 14.3. The molecule has 0 aliphatic carbocycles. The fourth-order valence-electron chi connectivity index (χ4n) is 3.03. The van der Waals surface area contributed by atoms with Gasteiger partial charge in [-0.05, 0) is 38.8 Å². The van der Waals surface area contributed by atoms with Gasteiger partial charge in [-0.1, -0.05) is 6.07 Å². The number of hydrogen-bond donors (Lipinski definition) is 1. The molecule has 1 saturated heterocycles. The summed E-state index contributed by atoms with van der Waals surface area (Å²) in [6.45, 7) is 4.83. The second-order valence-electron chi connectivity index (χ2n) is 6.06. The van der Waals surface area contributed by atoms with Crippen LogP contribution in [-0.2, 0) is 4.79 Å². The SMILES string of the molecule is COc1cccc(N2CCCC(NC(C)c3cnc(C)s3)C2=O)c1. The Hall–Kier alpha value is -1.92. The lowest BCUT2D eigenvalue weighted by molar-refractivity contribution is -0.122. The molecule has 2 atom stereocenters. The van der Waals surface area contributed by atoms with E-state index in [9.17, 15) is 4.79 Å². The third-order valence-corrected chi connectivity index (χ3v) is 5.42. The molecule has 1 N–H and O–H groups in total. The highest BCUT2D eigenvalue weighted by molar-refractivity contribution is 7.11. The molecule has 128 valence electrons. The Morgan fingerprint density at radius 1 is 1.46 bits per heavy atom. The van der Waals surface area contributed by atoms with Crippen LogP contribution >= 0.6 is 11.3 Å². The molecular weight excluding hydrogens is 322 g/mol. The Morgan fingerprint density at radius 2 is 2.29 bits per heavy atom. The zero-order valence-corrected chi connectivity index (χ0v) is 15.1. The van der Waals surface area contributed by atoms with E-state index >= 15 is 0 Å². The molecule has 24 heavy (non-hydrogen) atoms. The molecule has 5 nitrogen and oxygen atoms in total. The highest BCUT2D eigenvalue weighted by atomic mass is 32.1. The van der Waals surface area contributed by atoms with Crippen LogP contribution in [0.3, 0.4) is 0 Å². The summed E-state index contributed by atoms with van der Waals surface area (Å²) in [6, 6.07) is 7.63. The standard InChI is InChI=1S/C18H23N3O2S/c1-12(17-11-19-13(2)24-17)20-16-8-5-9-21(18(16)22)14-6-4-7-15(10-14)23-3/h4,6-7,10-12,16,20H,5,8-9H2,1-3H3. The number of nitrogens with one attached hydrogen (secondary N) is 1. The molecule has 2 aromatic rings. The molecule has 1 aliphatic rings. The minimum absolute atomic E-state index is 0.121. The topological polar surface area (TPSA) is 54.5 Å². The molecule has 6 heteroatoms. The fourth-order valence-corrected chi connectivity index (χ4v) is 3.82. The molecule has 0 bridgehead atoms. The van der Waals surface area contributed by atoms with Gasteiger partial charge in [0.15, 0.2) is 0 Å². The normalized spacial score (nSPS) is 19.4. The van der Waals surface area contributed by atoms with Crippen molar-refractivity contribution in [3.8, 4) is 5.75 Å². The number of amides is 1. The van der Waals surface area contributed by atoms with Gasteiger partial charge in [0, 0.05) is 35.4 Å². The molecule has 2 heterocycles. The van der Waals surface area contributed by atoms with Crippen LogP contribution in [0.25, 0.3) is 0 Å². The summed E-state index contributed by atoms with van der Waals surface area (Å²) in [4.78, 5) is 20.2. The molecule has 1 aromatic heterocycles. The van der Waals surface area contributed by atoms with Crippen LogP contribution in [-0.4, -0.2) is 30.6 Å². The number of carbonyl (C=O) groups excluding carboxylic acids is 1. The average molecular weight is 345 g/mol. The van der Waals surface area contributed by atoms with E-state index in [0.717, 1.165) is 35.8 Å². The van der Waals surface area contributed by atoms with Crippen molar-refractivity contribution in [1.82, 2.24) is 10.3 Å². The number of nitrogens with zero attached hydrogens (tertiary/aromatic N) is 2. The van der Waals surface area contributed by atoms with Gasteiger partial charge in [0.25, 0.3) is 0 Å². The van der Waals surface area contributed by atoms with Crippen LogP contribution in [0.1, 0.15) is 35.7 Å². The lowest BCUT2D eigenvalue weighted by atomic mass is 10.0. The molecular formula is C18H23N3O2S. The molecule has 0 saturated carbocycles. The summed E-state index contributed by atoms with van der Waals surface area (Å²) in [5.41, 5.74) is 0.895. The van der Waals surface area contributed by atoms with Crippen LogP contribution in [0.4, 0.5) is 5.69 Å². The maximum Gasteiger partial charge on any atom is 0.244 e. The van der Waals surface area contributed by atoms with Crippen molar-refractivity contribution in [2.24, 2.45) is 0 Å². The summed E-state index contributed by atoms with van der Waals surface area (Å²) in [5, 5.41) is 4.52. The first-order valence-electron chi connectivity index (χ1n) is 8.22. The second-order valence-corrected chi connectivity index (χ2v) is 7.32. The predicted octanol–water partition coefficient (Wildman–Crippen LogP) is 3.31. The minimum Gasteiger partial charge on any atom is -0.497 e. The van der Waals surface area contributed by atoms with E-state index < -0.39 is 0 Å². The molecule has 1 amide bonds. The Labute approximate surface area is 146 Å². The van der Waals surface area contributed by atoms with Gasteiger partial charge in [-0.2, -0.15) is 0 Å². The number of methoxy groups -OCH3 is 1. The van der Waals surface area contributed by atoms with E-state index in [2.05, 4.69) is 17.2 Å². The zero-order chi connectivity index (χ0) is 17.1. The number of hydrogen-bond acceptors (Lipinski definition) is 5. The second kappa shape index (κ2) is 7.32. The Balaban J connectivity index is 1.72. The molecule has 1 fully saturated rings. The molecule has 1 aromatic carbocycles. The van der Waals surface area contributed by atoms with Gasteiger partial charge in [-0.25, -0.2) is 4.98 Å². The van der Waals surface area contributed by atoms with E-state index in [-0.39, 0.29) is 18.0 Å². The van der Waals surface area contributed by atoms with Gasteiger partial charge in [0.2, 0.25) is 5.91 Å². The number of carbonyl (C=O) groups is 1. The average Bonchev–Trinajstić information content (AvgIpc) is 3.03. The summed E-state index contributed by atoms with van der Waals surface area (Å²) in [6.07, 6.45) is 3.74. The number of piperidine rings is 1. The van der Waals surface area contributed by atoms with Gasteiger partial charge in [0.05, 0.1) is 18.2 Å². The predicted molar refractivity (Wildman–Crippen MR) is 96.8 cm³/mol. The molecule has 0 spiro atoms. The first-order chi connectivity index (χ1) is 11.6. The maximum atomic E-state index is 12.9. The number of rotatable bonds is 5. The summed E-state index contributed by atoms with van der Waals surface area (Å²) >= 11 is 1.67. The molecule has 1 aliphatic heterocycles. The molecule has 3 rings (SSSR count). The third kappa shape index (κ3) is 3.60. The Bertz CT molecular complexity index is 716. The summed E-state index contributed by atoms with van der Waals surface area (Å²) in [7, 11) is 1.64. The van der Waals surface area contributed by atoms with Crippen LogP contribution in [0, 0.1) is 6.92 Å². The van der Waals surface area contributed by atoms with Crippen LogP contribution in [0.15, 0.2) is 30.5 Å². The van der Waals surface area contributed by atoms with Crippen LogP contribution in [0.5, 0.6) is 5.75 Å². The van der Waals surface area contributed by atoms with E-state index in [1.54, 1.807) is 18.4 Å². The van der Waals surface area contributed by atoms with Gasteiger partial charge in [-0.3, -0.25) is 10.1 Å². The quantitative estimate of drug-likeness (QED) is 0.903. The maximum absolute atomic E-state index is 12.9. The summed E-state index contributed by atoms with van der Waals surface area (Å²) < 4.78 is 5.27. The molecule has 2 unspecified atom stereocenters. The van der Waals surface area contributed by atoms with Gasteiger partial charge >= 0.3 is 0 Å². The number of thiazole rings is 1. The van der Waals surface area contributed by atoms with Crippen molar-refractivity contribution in [3.05, 3.63) is 40.3 Å². The van der Waals surface area contributed by atoms with Crippen LogP contribution < -0.4 is 15.0 Å². The summed E-state index contributed by atoms with van der Waals surface area (Å²) in [5.74, 6) is 0.895. The number of ether oxygens (including phenoxy) is 1. The Kier molecular flexibility index (Phi) is 5.16. The highest BCUT2D eigenvalue weighted by Crippen LogP contribution is 2.27. The Morgan fingerprint density at radius 3 is 3.00 bits per heavy atom. The van der Waals surface area contributed by atoms with E-state index in [0.29, 0.717) is 0 Å².